The summed E-state index contributed by atoms with van der Waals surface area (Å²) in [6, 6.07) is 13.9. The molecular formula is C18H15N5O4. The number of carbonyl (C=O) groups is 2. The van der Waals surface area contributed by atoms with Crippen molar-refractivity contribution in [3.05, 3.63) is 82.2 Å². The summed E-state index contributed by atoms with van der Waals surface area (Å²) < 4.78 is 1.38. The van der Waals surface area contributed by atoms with Crippen molar-refractivity contribution in [2.75, 3.05) is 12.4 Å². The van der Waals surface area contributed by atoms with Crippen LogP contribution in [0.3, 0.4) is 0 Å². The van der Waals surface area contributed by atoms with E-state index in [1.54, 1.807) is 36.4 Å². The van der Waals surface area contributed by atoms with E-state index in [1.165, 1.54) is 36.1 Å². The van der Waals surface area contributed by atoms with E-state index in [1.807, 2.05) is 0 Å². The lowest BCUT2D eigenvalue weighted by atomic mass is 10.2. The Morgan fingerprint density at radius 3 is 2.59 bits per heavy atom. The van der Waals surface area contributed by atoms with Crippen molar-refractivity contribution >= 4 is 23.2 Å². The van der Waals surface area contributed by atoms with Crippen LogP contribution in [-0.4, -0.2) is 33.6 Å². The van der Waals surface area contributed by atoms with E-state index >= 15 is 0 Å². The highest BCUT2D eigenvalue weighted by molar-refractivity contribution is 6.03. The van der Waals surface area contributed by atoms with Gasteiger partial charge >= 0.3 is 0 Å². The number of anilines is 1. The lowest BCUT2D eigenvalue weighted by molar-refractivity contribution is -0.384. The van der Waals surface area contributed by atoms with Gasteiger partial charge in [-0.05, 0) is 30.3 Å². The molecule has 0 saturated carbocycles. The van der Waals surface area contributed by atoms with Crippen molar-refractivity contribution in [3.8, 4) is 5.69 Å². The number of nitrogens with zero attached hydrogens (tertiary/aromatic N) is 3. The Morgan fingerprint density at radius 2 is 1.85 bits per heavy atom. The van der Waals surface area contributed by atoms with E-state index in [4.69, 9.17) is 0 Å². The van der Waals surface area contributed by atoms with Crippen molar-refractivity contribution in [2.24, 2.45) is 0 Å². The third-order valence-corrected chi connectivity index (χ3v) is 3.74. The van der Waals surface area contributed by atoms with Gasteiger partial charge in [-0.2, -0.15) is 5.10 Å². The van der Waals surface area contributed by atoms with Gasteiger partial charge in [0.25, 0.3) is 17.5 Å². The van der Waals surface area contributed by atoms with Crippen LogP contribution in [0.25, 0.3) is 5.69 Å². The zero-order chi connectivity index (χ0) is 19.4. The predicted molar refractivity (Wildman–Crippen MR) is 98.0 cm³/mol. The largest absolute Gasteiger partial charge is 0.355 e. The van der Waals surface area contributed by atoms with Crippen LogP contribution in [0.4, 0.5) is 11.4 Å². The maximum absolute atomic E-state index is 12.4. The van der Waals surface area contributed by atoms with Crippen LogP contribution in [0.1, 0.15) is 20.8 Å². The molecule has 0 saturated heterocycles. The Labute approximate surface area is 153 Å². The first kappa shape index (κ1) is 17.8. The fourth-order valence-corrected chi connectivity index (χ4v) is 2.42. The highest BCUT2D eigenvalue weighted by atomic mass is 16.6. The fraction of sp³-hybridized carbons (Fsp3) is 0.0556. The molecule has 2 aromatic carbocycles. The third-order valence-electron chi connectivity index (χ3n) is 3.74. The van der Waals surface area contributed by atoms with E-state index in [2.05, 4.69) is 15.7 Å². The molecule has 0 bridgehead atoms. The first-order valence-corrected chi connectivity index (χ1v) is 7.92. The fourth-order valence-electron chi connectivity index (χ4n) is 2.42. The number of benzene rings is 2. The first-order chi connectivity index (χ1) is 13.0. The van der Waals surface area contributed by atoms with Gasteiger partial charge in [-0.3, -0.25) is 19.7 Å². The lowest BCUT2D eigenvalue weighted by Gasteiger charge is -2.06. The zero-order valence-electron chi connectivity index (χ0n) is 14.2. The molecule has 9 heteroatoms. The number of rotatable bonds is 5. The summed E-state index contributed by atoms with van der Waals surface area (Å²) in [6.45, 7) is 0. The summed E-state index contributed by atoms with van der Waals surface area (Å²) in [6.07, 6.45) is 1.54. The molecule has 0 aliphatic heterocycles. The number of hydrogen-bond acceptors (Lipinski definition) is 5. The molecule has 3 aromatic rings. The summed E-state index contributed by atoms with van der Waals surface area (Å²) in [5.41, 5.74) is 1.39. The minimum absolute atomic E-state index is 0.0694. The van der Waals surface area contributed by atoms with Gasteiger partial charge in [0.05, 0.1) is 10.6 Å². The van der Waals surface area contributed by atoms with Crippen molar-refractivity contribution in [2.45, 2.75) is 0 Å². The molecule has 27 heavy (non-hydrogen) atoms. The molecular weight excluding hydrogens is 350 g/mol. The molecule has 0 unspecified atom stereocenters. The van der Waals surface area contributed by atoms with Crippen LogP contribution in [0, 0.1) is 10.1 Å². The van der Waals surface area contributed by atoms with Crippen LogP contribution in [0.5, 0.6) is 0 Å². The van der Waals surface area contributed by atoms with E-state index in [9.17, 15) is 19.7 Å². The number of carbonyl (C=O) groups excluding carboxylic acids is 2. The Kier molecular flexibility index (Phi) is 4.93. The van der Waals surface area contributed by atoms with Gasteiger partial charge in [0.1, 0.15) is 0 Å². The van der Waals surface area contributed by atoms with Gasteiger partial charge in [-0.25, -0.2) is 4.68 Å². The summed E-state index contributed by atoms with van der Waals surface area (Å²) in [5, 5.41) is 20.2. The van der Waals surface area contributed by atoms with Crippen molar-refractivity contribution in [3.63, 3.8) is 0 Å². The predicted octanol–water partition coefficient (Wildman–Crippen LogP) is 2.39. The molecule has 2 N–H and O–H groups in total. The molecule has 0 aliphatic rings. The summed E-state index contributed by atoms with van der Waals surface area (Å²) in [5.74, 6) is -0.728. The molecule has 3 rings (SSSR count). The normalized spacial score (nSPS) is 10.3. The minimum Gasteiger partial charge on any atom is -0.355 e. The van der Waals surface area contributed by atoms with Gasteiger partial charge in [0.15, 0.2) is 5.69 Å². The van der Waals surface area contributed by atoms with Crippen LogP contribution in [-0.2, 0) is 0 Å². The highest BCUT2D eigenvalue weighted by Crippen LogP contribution is 2.17. The van der Waals surface area contributed by atoms with E-state index in [0.29, 0.717) is 16.9 Å². The first-order valence-electron chi connectivity index (χ1n) is 7.92. The summed E-state index contributed by atoms with van der Waals surface area (Å²) >= 11 is 0. The third kappa shape index (κ3) is 3.98. The van der Waals surface area contributed by atoms with Gasteiger partial charge in [-0.1, -0.05) is 12.1 Å². The maximum Gasteiger partial charge on any atom is 0.276 e. The topological polar surface area (TPSA) is 119 Å². The molecule has 136 valence electrons. The number of nitrogens with one attached hydrogen (secondary N) is 2. The number of aromatic nitrogens is 2. The van der Waals surface area contributed by atoms with Crippen LogP contribution >= 0.6 is 0 Å². The molecule has 0 fully saturated rings. The Balaban J connectivity index is 1.79. The molecule has 0 aliphatic carbocycles. The average molecular weight is 365 g/mol. The Morgan fingerprint density at radius 1 is 1.07 bits per heavy atom. The monoisotopic (exact) mass is 365 g/mol. The maximum atomic E-state index is 12.4. The molecule has 2 amide bonds. The second-order valence-corrected chi connectivity index (χ2v) is 5.54. The number of nitro benzene ring substituents is 1. The number of amides is 2. The van der Waals surface area contributed by atoms with Crippen LogP contribution in [0.2, 0.25) is 0 Å². The molecule has 9 nitrogen and oxygen atoms in total. The van der Waals surface area contributed by atoms with Crippen LogP contribution in [0.15, 0.2) is 60.8 Å². The van der Waals surface area contributed by atoms with E-state index in [-0.39, 0.29) is 17.3 Å². The summed E-state index contributed by atoms with van der Waals surface area (Å²) in [7, 11) is 1.52. The van der Waals surface area contributed by atoms with Gasteiger partial charge in [0, 0.05) is 36.6 Å². The van der Waals surface area contributed by atoms with Crippen LogP contribution < -0.4 is 10.6 Å². The van der Waals surface area contributed by atoms with Crippen molar-refractivity contribution in [1.29, 1.82) is 0 Å². The lowest BCUT2D eigenvalue weighted by Crippen LogP contribution is -2.18. The van der Waals surface area contributed by atoms with Gasteiger partial charge < -0.3 is 10.6 Å². The quantitative estimate of drug-likeness (QED) is 0.531. The second kappa shape index (κ2) is 7.48. The highest BCUT2D eigenvalue weighted by Gasteiger charge is 2.13. The zero-order valence-corrected chi connectivity index (χ0v) is 14.2. The molecule has 1 heterocycles. The number of nitro groups is 1. The van der Waals surface area contributed by atoms with E-state index < -0.39 is 10.8 Å². The van der Waals surface area contributed by atoms with Crippen molar-refractivity contribution < 1.29 is 14.5 Å². The summed E-state index contributed by atoms with van der Waals surface area (Å²) in [4.78, 5) is 34.4. The molecule has 0 radical (unpaired) electrons. The second-order valence-electron chi connectivity index (χ2n) is 5.54. The van der Waals surface area contributed by atoms with Crippen molar-refractivity contribution in [1.82, 2.24) is 15.1 Å². The smallest absolute Gasteiger partial charge is 0.276 e. The average Bonchev–Trinajstić information content (AvgIpc) is 3.18. The Hall–Kier alpha value is -4.01. The SMILES string of the molecule is CNC(=O)c1cccc(NC(=O)c2ccn(-c3cccc([N+](=O)[O-])c3)n2)c1. The minimum atomic E-state index is -0.500. The standard InChI is InChI=1S/C18H15N5O4/c1-19-17(24)12-4-2-5-13(10-12)20-18(25)16-8-9-22(21-16)14-6-3-7-15(11-14)23(26)27/h2-11H,1H3,(H,19,24)(H,20,25). The number of non-ortho nitro benzene ring substituents is 1. The number of hydrogen-bond donors (Lipinski definition) is 2. The molecule has 0 atom stereocenters. The molecule has 1 aromatic heterocycles. The van der Waals surface area contributed by atoms with Gasteiger partial charge in [-0.15, -0.1) is 0 Å². The molecule has 0 spiro atoms. The Bertz CT molecular complexity index is 1030. The van der Waals surface area contributed by atoms with E-state index in [0.717, 1.165) is 0 Å². The van der Waals surface area contributed by atoms with Gasteiger partial charge in [0.2, 0.25) is 0 Å².